The first-order valence-electron chi connectivity index (χ1n) is 14.0. The summed E-state index contributed by atoms with van der Waals surface area (Å²) in [5, 5.41) is 38.3. The smallest absolute Gasteiger partial charge is 0.317 e. The van der Waals surface area contributed by atoms with Gasteiger partial charge in [-0.2, -0.15) is 0 Å². The largest absolute Gasteiger partial charge is 0.480 e. The Kier molecular flexibility index (Phi) is 19.2. The van der Waals surface area contributed by atoms with Crippen LogP contribution in [0.2, 0.25) is 0 Å². The number of carbonyl (C=O) groups excluding carboxylic acids is 2. The molecule has 242 valence electrons. The Morgan fingerprint density at radius 3 is 1.74 bits per heavy atom. The molecule has 1 aromatic rings. The SMILES string of the molecule is CO.O=CCN1CCN(CC(=O)O)CCCN(CC(=O)O)CCN(CC(=O)O)CC(Cc2ccc(NC(=O)CBr)cc2)C1. The minimum atomic E-state index is -0.990. The lowest BCUT2D eigenvalue weighted by Gasteiger charge is -2.33. The summed E-state index contributed by atoms with van der Waals surface area (Å²) in [7, 11) is 1.00. The van der Waals surface area contributed by atoms with Crippen LogP contribution in [-0.2, 0) is 30.4 Å². The number of amides is 1. The Morgan fingerprint density at radius 2 is 1.26 bits per heavy atom. The number of nitrogens with zero attached hydrogens (tertiary/aromatic N) is 4. The van der Waals surface area contributed by atoms with Gasteiger partial charge in [-0.15, -0.1) is 0 Å². The van der Waals surface area contributed by atoms with Crippen LogP contribution in [0.25, 0.3) is 0 Å². The topological polar surface area (TPSA) is 191 Å². The minimum absolute atomic E-state index is 0.0962. The summed E-state index contributed by atoms with van der Waals surface area (Å²) >= 11 is 3.12. The van der Waals surface area contributed by atoms with Crippen LogP contribution in [0.3, 0.4) is 0 Å². The maximum absolute atomic E-state index is 11.7. The molecule has 1 heterocycles. The van der Waals surface area contributed by atoms with Gasteiger partial charge in [-0.3, -0.25) is 38.8 Å². The van der Waals surface area contributed by atoms with Crippen molar-refractivity contribution in [1.29, 1.82) is 0 Å². The average molecular weight is 675 g/mol. The molecule has 14 nitrogen and oxygen atoms in total. The molecule has 1 unspecified atom stereocenters. The molecule has 0 aliphatic carbocycles. The predicted molar refractivity (Wildman–Crippen MR) is 164 cm³/mol. The van der Waals surface area contributed by atoms with Crippen molar-refractivity contribution >= 4 is 51.7 Å². The zero-order valence-corrected chi connectivity index (χ0v) is 26.2. The van der Waals surface area contributed by atoms with Gasteiger partial charge < -0.3 is 30.5 Å². The van der Waals surface area contributed by atoms with Gasteiger partial charge in [0.2, 0.25) is 5.91 Å². The molecule has 1 saturated heterocycles. The predicted octanol–water partition coefficient (Wildman–Crippen LogP) is -0.148. The summed E-state index contributed by atoms with van der Waals surface area (Å²) in [6, 6.07) is 7.38. The molecule has 0 spiro atoms. The Balaban J connectivity index is 0.00000452. The summed E-state index contributed by atoms with van der Waals surface area (Å²) in [5.74, 6) is -3.21. The Labute approximate surface area is 260 Å². The van der Waals surface area contributed by atoms with E-state index < -0.39 is 17.9 Å². The lowest BCUT2D eigenvalue weighted by atomic mass is 9.97. The van der Waals surface area contributed by atoms with E-state index in [1.807, 2.05) is 17.0 Å². The third-order valence-electron chi connectivity index (χ3n) is 6.74. The number of benzene rings is 1. The zero-order valence-electron chi connectivity index (χ0n) is 24.6. The van der Waals surface area contributed by atoms with E-state index in [0.29, 0.717) is 70.9 Å². The van der Waals surface area contributed by atoms with E-state index in [9.17, 15) is 39.3 Å². The quantitative estimate of drug-likeness (QED) is 0.146. The molecule has 1 fully saturated rings. The Bertz CT molecular complexity index is 1010. The van der Waals surface area contributed by atoms with E-state index >= 15 is 0 Å². The third-order valence-corrected chi connectivity index (χ3v) is 7.25. The van der Waals surface area contributed by atoms with Crippen LogP contribution in [0.4, 0.5) is 5.69 Å². The average Bonchev–Trinajstić information content (AvgIpc) is 2.95. The number of carbonyl (C=O) groups is 5. The van der Waals surface area contributed by atoms with E-state index in [4.69, 9.17) is 5.11 Å². The first-order chi connectivity index (χ1) is 20.6. The van der Waals surface area contributed by atoms with Crippen LogP contribution < -0.4 is 5.32 Å². The molecule has 1 aliphatic rings. The Hall–Kier alpha value is -2.95. The number of anilines is 1. The van der Waals surface area contributed by atoms with E-state index in [1.54, 1.807) is 26.8 Å². The normalized spacial score (nSPS) is 18.4. The van der Waals surface area contributed by atoms with Crippen molar-refractivity contribution in [2.75, 3.05) is 96.3 Å². The molecule has 1 aromatic carbocycles. The highest BCUT2D eigenvalue weighted by Gasteiger charge is 2.23. The lowest BCUT2D eigenvalue weighted by Crippen LogP contribution is -2.47. The first kappa shape index (κ1) is 38.1. The summed E-state index contributed by atoms with van der Waals surface area (Å²) in [6.07, 6.45) is 1.92. The fraction of sp³-hybridized carbons (Fsp3) is 0.607. The van der Waals surface area contributed by atoms with Crippen LogP contribution in [0.1, 0.15) is 12.0 Å². The van der Waals surface area contributed by atoms with Gasteiger partial charge in [-0.1, -0.05) is 28.1 Å². The van der Waals surface area contributed by atoms with Crippen molar-refractivity contribution in [2.45, 2.75) is 12.8 Å². The molecule has 1 amide bonds. The molecule has 15 heteroatoms. The number of aldehydes is 1. The van der Waals surface area contributed by atoms with Gasteiger partial charge in [0.25, 0.3) is 0 Å². The van der Waals surface area contributed by atoms with E-state index in [2.05, 4.69) is 21.2 Å². The number of rotatable bonds is 12. The number of carboxylic acid groups (broad SMARTS) is 3. The van der Waals surface area contributed by atoms with Crippen LogP contribution in [0.5, 0.6) is 0 Å². The molecule has 0 bridgehead atoms. The standard InChI is InChI=1S/C27H40BrN5O8.CH4O/c28-15-24(35)29-23-4-2-21(3-5-23)14-22-16-32(12-13-34)9-8-30(18-25(36)37)6-1-7-31(19-26(38)39)10-11-33(17-22)20-27(40)41;1-2/h2-5,13,22H,1,6-12,14-20H2,(H,29,35)(H,36,37)(H,38,39)(H,40,41);2H,1H3. The van der Waals surface area contributed by atoms with Crippen molar-refractivity contribution in [3.8, 4) is 0 Å². The highest BCUT2D eigenvalue weighted by molar-refractivity contribution is 9.09. The zero-order chi connectivity index (χ0) is 32.2. The number of aliphatic carboxylic acids is 3. The molecule has 0 saturated carbocycles. The summed E-state index contributed by atoms with van der Waals surface area (Å²) in [5.41, 5.74) is 1.62. The van der Waals surface area contributed by atoms with Crippen molar-refractivity contribution in [1.82, 2.24) is 19.6 Å². The van der Waals surface area contributed by atoms with Gasteiger partial charge in [0, 0.05) is 65.2 Å². The van der Waals surface area contributed by atoms with Gasteiger partial charge in [0.15, 0.2) is 0 Å². The number of hydrogen-bond acceptors (Lipinski definition) is 10. The van der Waals surface area contributed by atoms with Gasteiger partial charge in [-0.25, -0.2) is 0 Å². The molecule has 1 atom stereocenters. The fourth-order valence-electron chi connectivity index (χ4n) is 4.96. The number of aliphatic hydroxyl groups is 1. The van der Waals surface area contributed by atoms with Crippen LogP contribution in [0.15, 0.2) is 24.3 Å². The monoisotopic (exact) mass is 673 g/mol. The highest BCUT2D eigenvalue weighted by Crippen LogP contribution is 2.17. The van der Waals surface area contributed by atoms with E-state index in [0.717, 1.165) is 19.0 Å². The van der Waals surface area contributed by atoms with Gasteiger partial charge in [-0.05, 0) is 36.5 Å². The van der Waals surface area contributed by atoms with Crippen LogP contribution in [0, 0.1) is 5.92 Å². The lowest BCUT2D eigenvalue weighted by molar-refractivity contribution is -0.140. The molecule has 5 N–H and O–H groups in total. The number of hydrogen-bond donors (Lipinski definition) is 5. The maximum atomic E-state index is 11.7. The van der Waals surface area contributed by atoms with Crippen molar-refractivity contribution in [3.05, 3.63) is 29.8 Å². The minimum Gasteiger partial charge on any atom is -0.480 e. The molecule has 43 heavy (non-hydrogen) atoms. The molecular formula is C28H44BrN5O9. The van der Waals surface area contributed by atoms with Gasteiger partial charge >= 0.3 is 17.9 Å². The molecule has 0 aromatic heterocycles. The number of aliphatic hydroxyl groups excluding tert-OH is 1. The van der Waals surface area contributed by atoms with Gasteiger partial charge in [0.1, 0.15) is 6.29 Å². The van der Waals surface area contributed by atoms with Gasteiger partial charge in [0.05, 0.1) is 31.5 Å². The van der Waals surface area contributed by atoms with Crippen LogP contribution >= 0.6 is 15.9 Å². The molecular weight excluding hydrogens is 630 g/mol. The number of carboxylic acids is 3. The second-order valence-electron chi connectivity index (χ2n) is 10.2. The van der Waals surface area contributed by atoms with Crippen LogP contribution in [-0.4, -0.2) is 161 Å². The van der Waals surface area contributed by atoms with E-state index in [1.165, 1.54) is 0 Å². The van der Waals surface area contributed by atoms with Crippen molar-refractivity contribution < 1.29 is 44.4 Å². The maximum Gasteiger partial charge on any atom is 0.317 e. The summed E-state index contributed by atoms with van der Waals surface area (Å²) < 4.78 is 0. The fourth-order valence-corrected chi connectivity index (χ4v) is 5.10. The molecule has 2 rings (SSSR count). The second-order valence-corrected chi connectivity index (χ2v) is 10.8. The highest BCUT2D eigenvalue weighted by atomic mass is 79.9. The summed E-state index contributed by atoms with van der Waals surface area (Å²) in [6.45, 7) is 2.82. The van der Waals surface area contributed by atoms with E-state index in [-0.39, 0.29) is 43.3 Å². The third kappa shape index (κ3) is 17.1. The van der Waals surface area contributed by atoms with Crippen molar-refractivity contribution in [2.24, 2.45) is 5.92 Å². The number of alkyl halides is 1. The Morgan fingerprint density at radius 1 is 0.791 bits per heavy atom. The number of halogens is 1. The molecule has 0 radical (unpaired) electrons. The second kappa shape index (κ2) is 21.7. The first-order valence-corrected chi connectivity index (χ1v) is 15.1. The molecule has 1 aliphatic heterocycles. The summed E-state index contributed by atoms with van der Waals surface area (Å²) in [4.78, 5) is 65.1. The van der Waals surface area contributed by atoms with Crippen molar-refractivity contribution in [3.63, 3.8) is 0 Å². The number of nitrogens with one attached hydrogen (secondary N) is 1.